The normalized spacial score (nSPS) is 12.3. The minimum absolute atomic E-state index is 0.132. The number of rotatable bonds is 3. The first-order valence-electron chi connectivity index (χ1n) is 5.24. The second kappa shape index (κ2) is 5.26. The molecule has 1 rings (SSSR count). The first-order valence-corrected chi connectivity index (χ1v) is 5.24. The van der Waals surface area contributed by atoms with Gasteiger partial charge in [0.25, 0.3) is 0 Å². The smallest absolute Gasteiger partial charge is 0.300 e. The van der Waals surface area contributed by atoms with Crippen LogP contribution in [0.25, 0.3) is 0 Å². The summed E-state index contributed by atoms with van der Waals surface area (Å²) in [6, 6.07) is 0.687. The lowest BCUT2D eigenvalue weighted by atomic mass is 9.97. The van der Waals surface area contributed by atoms with Crippen LogP contribution in [0.5, 0.6) is 0 Å². The Balaban J connectivity index is 3.39. The average molecular weight is 298 g/mol. The monoisotopic (exact) mass is 298 g/mol. The molecule has 0 aliphatic carbocycles. The third kappa shape index (κ3) is 3.82. The maximum Gasteiger partial charge on any atom is 0.417 e. The van der Waals surface area contributed by atoms with E-state index >= 15 is 0 Å². The molecule has 8 heteroatoms. The molecule has 20 heavy (non-hydrogen) atoms. The van der Waals surface area contributed by atoms with Gasteiger partial charge in [0.1, 0.15) is 5.78 Å². The average Bonchev–Trinajstić information content (AvgIpc) is 2.24. The van der Waals surface area contributed by atoms with Crippen LogP contribution < -0.4 is 0 Å². The van der Waals surface area contributed by atoms with Crippen molar-refractivity contribution in [2.45, 2.75) is 25.7 Å². The van der Waals surface area contributed by atoms with Crippen LogP contribution in [0.2, 0.25) is 0 Å². The number of carbonyl (C=O) groups excluding carboxylic acids is 2. The molecule has 0 amide bonds. The maximum absolute atomic E-state index is 12.7. The van der Waals surface area contributed by atoms with Crippen LogP contribution in [0.15, 0.2) is 18.2 Å². The first-order chi connectivity index (χ1) is 8.93. The molecule has 0 N–H and O–H groups in total. The molecule has 0 radical (unpaired) electrons. The van der Waals surface area contributed by atoms with Crippen LogP contribution in [0, 0.1) is 0 Å². The fourth-order valence-corrected chi connectivity index (χ4v) is 1.52. The van der Waals surface area contributed by atoms with E-state index in [1.807, 2.05) is 0 Å². The van der Waals surface area contributed by atoms with Gasteiger partial charge in [0.2, 0.25) is 0 Å². The second-order valence-electron chi connectivity index (χ2n) is 4.06. The van der Waals surface area contributed by atoms with Gasteiger partial charge in [-0.15, -0.1) is 0 Å². The van der Waals surface area contributed by atoms with Crippen molar-refractivity contribution in [3.8, 4) is 0 Å². The molecule has 0 atom stereocenters. The number of carbonyl (C=O) groups is 2. The Kier molecular flexibility index (Phi) is 4.26. The lowest BCUT2D eigenvalue weighted by Gasteiger charge is -2.15. The summed E-state index contributed by atoms with van der Waals surface area (Å²) < 4.78 is 75.3. The number of halogens is 6. The van der Waals surface area contributed by atoms with Gasteiger partial charge in [-0.1, -0.05) is 6.07 Å². The summed E-state index contributed by atoms with van der Waals surface area (Å²) in [5, 5.41) is 0. The van der Waals surface area contributed by atoms with E-state index in [-0.39, 0.29) is 6.07 Å². The molecule has 0 unspecified atom stereocenters. The number of benzene rings is 1. The van der Waals surface area contributed by atoms with Crippen molar-refractivity contribution >= 4 is 11.6 Å². The van der Waals surface area contributed by atoms with Crippen LogP contribution in [0.3, 0.4) is 0 Å². The Bertz CT molecular complexity index is 542. The van der Waals surface area contributed by atoms with Gasteiger partial charge in [-0.3, -0.25) is 9.59 Å². The molecule has 0 aliphatic rings. The zero-order valence-corrected chi connectivity index (χ0v) is 10.0. The van der Waals surface area contributed by atoms with E-state index in [0.717, 1.165) is 6.92 Å². The highest BCUT2D eigenvalue weighted by Gasteiger charge is 2.39. The molecule has 2 nitrogen and oxygen atoms in total. The molecule has 0 aliphatic heterocycles. The van der Waals surface area contributed by atoms with Crippen LogP contribution in [0.4, 0.5) is 26.3 Å². The molecule has 0 spiro atoms. The summed E-state index contributed by atoms with van der Waals surface area (Å²) in [7, 11) is 0. The van der Waals surface area contributed by atoms with Crippen molar-refractivity contribution in [2.24, 2.45) is 0 Å². The molecule has 0 fully saturated rings. The Hall–Kier alpha value is -1.86. The standard InChI is InChI=1S/C12H8F6O2/c1-6(19)4-10(20)8-3-2-7(11(13,14)15)5-9(8)12(16,17)18/h2-3,5H,4H2,1H3. The molecule has 1 aromatic carbocycles. The number of alkyl halides is 6. The van der Waals surface area contributed by atoms with Crippen molar-refractivity contribution < 1.29 is 35.9 Å². The highest BCUT2D eigenvalue weighted by atomic mass is 19.4. The zero-order chi connectivity index (χ0) is 15.7. The molecule has 0 bridgehead atoms. The lowest BCUT2D eigenvalue weighted by molar-refractivity contribution is -0.143. The van der Waals surface area contributed by atoms with E-state index in [4.69, 9.17) is 0 Å². The zero-order valence-electron chi connectivity index (χ0n) is 10.0. The van der Waals surface area contributed by atoms with Gasteiger partial charge < -0.3 is 0 Å². The van der Waals surface area contributed by atoms with Gasteiger partial charge >= 0.3 is 12.4 Å². The van der Waals surface area contributed by atoms with Gasteiger partial charge in [0.15, 0.2) is 5.78 Å². The molecular weight excluding hydrogens is 290 g/mol. The van der Waals surface area contributed by atoms with Crippen molar-refractivity contribution in [2.75, 3.05) is 0 Å². The fraction of sp³-hybridized carbons (Fsp3) is 0.333. The van der Waals surface area contributed by atoms with E-state index in [0.29, 0.717) is 12.1 Å². The molecule has 0 saturated heterocycles. The molecule has 1 aromatic rings. The lowest BCUT2D eigenvalue weighted by Crippen LogP contribution is -2.17. The summed E-state index contributed by atoms with van der Waals surface area (Å²) >= 11 is 0. The summed E-state index contributed by atoms with van der Waals surface area (Å²) in [5.41, 5.74) is -4.15. The summed E-state index contributed by atoms with van der Waals surface area (Å²) in [5.74, 6) is -1.85. The number of Topliss-reactive ketones (excluding diaryl/α,β-unsaturated/α-hetero) is 2. The highest BCUT2D eigenvalue weighted by molar-refractivity contribution is 6.08. The number of ketones is 2. The van der Waals surface area contributed by atoms with E-state index in [1.54, 1.807) is 0 Å². The molecule has 0 heterocycles. The second-order valence-corrected chi connectivity index (χ2v) is 4.06. The minimum atomic E-state index is -5.12. The van der Waals surface area contributed by atoms with Gasteiger partial charge in [-0.2, -0.15) is 26.3 Å². The molecule has 0 aromatic heterocycles. The van der Waals surface area contributed by atoms with Crippen molar-refractivity contribution in [1.82, 2.24) is 0 Å². The van der Waals surface area contributed by atoms with E-state index < -0.39 is 47.0 Å². The van der Waals surface area contributed by atoms with Crippen LogP contribution in [-0.2, 0) is 17.1 Å². The summed E-state index contributed by atoms with van der Waals surface area (Å²) in [6.45, 7) is 0.995. The summed E-state index contributed by atoms with van der Waals surface area (Å²) in [6.07, 6.45) is -10.9. The minimum Gasteiger partial charge on any atom is -0.300 e. The Morgan fingerprint density at radius 3 is 1.95 bits per heavy atom. The van der Waals surface area contributed by atoms with E-state index in [1.165, 1.54) is 0 Å². The molecule has 110 valence electrons. The Morgan fingerprint density at radius 2 is 1.55 bits per heavy atom. The first kappa shape index (κ1) is 16.2. The number of hydrogen-bond donors (Lipinski definition) is 0. The Morgan fingerprint density at radius 1 is 1.00 bits per heavy atom. The molecule has 0 saturated carbocycles. The van der Waals surface area contributed by atoms with Gasteiger partial charge in [0.05, 0.1) is 17.5 Å². The predicted octanol–water partition coefficient (Wildman–Crippen LogP) is 3.89. The largest absolute Gasteiger partial charge is 0.417 e. The van der Waals surface area contributed by atoms with E-state index in [2.05, 4.69) is 0 Å². The van der Waals surface area contributed by atoms with Crippen LogP contribution >= 0.6 is 0 Å². The third-order valence-corrected chi connectivity index (χ3v) is 2.36. The van der Waals surface area contributed by atoms with E-state index in [9.17, 15) is 35.9 Å². The topological polar surface area (TPSA) is 34.1 Å². The van der Waals surface area contributed by atoms with Crippen molar-refractivity contribution in [1.29, 1.82) is 0 Å². The van der Waals surface area contributed by atoms with Crippen molar-refractivity contribution in [3.05, 3.63) is 34.9 Å². The quantitative estimate of drug-likeness (QED) is 0.482. The van der Waals surface area contributed by atoms with Crippen LogP contribution in [-0.4, -0.2) is 11.6 Å². The Labute approximate surface area is 109 Å². The fourth-order valence-electron chi connectivity index (χ4n) is 1.52. The third-order valence-electron chi connectivity index (χ3n) is 2.36. The maximum atomic E-state index is 12.7. The van der Waals surface area contributed by atoms with Crippen LogP contribution in [0.1, 0.15) is 34.8 Å². The van der Waals surface area contributed by atoms with Crippen molar-refractivity contribution in [3.63, 3.8) is 0 Å². The summed E-state index contributed by atoms with van der Waals surface area (Å²) in [4.78, 5) is 22.2. The highest BCUT2D eigenvalue weighted by Crippen LogP contribution is 2.37. The SMILES string of the molecule is CC(=O)CC(=O)c1ccc(C(F)(F)F)cc1C(F)(F)F. The van der Waals surface area contributed by atoms with Gasteiger partial charge in [0, 0.05) is 5.56 Å². The number of hydrogen-bond acceptors (Lipinski definition) is 2. The molecular formula is C12H8F6O2. The predicted molar refractivity (Wildman–Crippen MR) is 56.1 cm³/mol. The van der Waals surface area contributed by atoms with Gasteiger partial charge in [-0.25, -0.2) is 0 Å². The van der Waals surface area contributed by atoms with Gasteiger partial charge in [-0.05, 0) is 19.1 Å².